The minimum atomic E-state index is -0.218. The van der Waals surface area contributed by atoms with Crippen LogP contribution in [-0.4, -0.2) is 4.98 Å². The number of pyridine rings is 1. The van der Waals surface area contributed by atoms with Gasteiger partial charge in [0.2, 0.25) is 0 Å². The summed E-state index contributed by atoms with van der Waals surface area (Å²) in [6, 6.07) is 14.8. The van der Waals surface area contributed by atoms with Crippen LogP contribution >= 0.6 is 0 Å². The molecule has 24 heavy (non-hydrogen) atoms. The number of rotatable bonds is 3. The lowest BCUT2D eigenvalue weighted by atomic mass is 9.93. The Morgan fingerprint density at radius 1 is 1.04 bits per heavy atom. The summed E-state index contributed by atoms with van der Waals surface area (Å²) in [6.07, 6.45) is 4.27. The number of benzene rings is 2. The third-order valence-corrected chi connectivity index (χ3v) is 4.26. The van der Waals surface area contributed by atoms with Gasteiger partial charge in [-0.15, -0.1) is 0 Å². The van der Waals surface area contributed by atoms with E-state index in [0.717, 1.165) is 33.3 Å². The number of para-hydroxylation sites is 1. The summed E-state index contributed by atoms with van der Waals surface area (Å²) in [5.41, 5.74) is 5.34. The largest absolute Gasteiger partial charge is 0.252 e. The molecule has 122 valence electrons. The van der Waals surface area contributed by atoms with E-state index in [0.29, 0.717) is 5.92 Å². The van der Waals surface area contributed by atoms with E-state index in [-0.39, 0.29) is 5.82 Å². The first-order valence-corrected chi connectivity index (χ1v) is 8.59. The molecule has 2 heteroatoms. The molecule has 0 spiro atoms. The number of aromatic nitrogens is 1. The minimum absolute atomic E-state index is 0.218. The molecule has 1 heterocycles. The Morgan fingerprint density at radius 2 is 1.71 bits per heavy atom. The standard InChI is InChI=1S/C20H16FN.C2H6/c1-2-16-19(13-9-11-15(21)12-10-13)17-5-3-4-6-18(17)22-20(16)14-7-8-14;1-2/h2-6,9-12,14H,1,7-8H2;1-2H3. The Hall–Kier alpha value is -2.48. The Balaban J connectivity index is 0.000000815. The number of halogens is 1. The molecule has 3 aromatic rings. The third kappa shape index (κ3) is 2.96. The normalized spacial score (nSPS) is 13.3. The highest BCUT2D eigenvalue weighted by Crippen LogP contribution is 2.45. The maximum atomic E-state index is 13.3. The average Bonchev–Trinajstić information content (AvgIpc) is 3.47. The van der Waals surface area contributed by atoms with Crippen LogP contribution in [0.1, 0.15) is 43.9 Å². The molecular formula is C22H22FN. The maximum absolute atomic E-state index is 13.3. The van der Waals surface area contributed by atoms with E-state index in [1.807, 2.05) is 50.3 Å². The van der Waals surface area contributed by atoms with Crippen molar-refractivity contribution in [2.45, 2.75) is 32.6 Å². The SMILES string of the molecule is C=Cc1c(C2CC2)nc2ccccc2c1-c1ccc(F)cc1.CC. The maximum Gasteiger partial charge on any atom is 0.123 e. The third-order valence-electron chi connectivity index (χ3n) is 4.26. The average molecular weight is 319 g/mol. The van der Waals surface area contributed by atoms with E-state index in [4.69, 9.17) is 4.98 Å². The summed E-state index contributed by atoms with van der Waals surface area (Å²) in [5.74, 6) is 0.321. The van der Waals surface area contributed by atoms with Gasteiger partial charge in [0, 0.05) is 22.4 Å². The van der Waals surface area contributed by atoms with Crippen molar-refractivity contribution in [1.82, 2.24) is 4.98 Å². The van der Waals surface area contributed by atoms with Gasteiger partial charge in [0.1, 0.15) is 5.82 Å². The Labute approximate surface area is 142 Å². The van der Waals surface area contributed by atoms with Gasteiger partial charge in [-0.1, -0.05) is 56.8 Å². The fourth-order valence-electron chi connectivity index (χ4n) is 3.05. The summed E-state index contributed by atoms with van der Waals surface area (Å²) >= 11 is 0. The zero-order valence-corrected chi connectivity index (χ0v) is 14.2. The molecule has 1 fully saturated rings. The van der Waals surface area contributed by atoms with Crippen LogP contribution in [0.25, 0.3) is 28.1 Å². The highest BCUT2D eigenvalue weighted by molar-refractivity contribution is 5.99. The van der Waals surface area contributed by atoms with Crippen LogP contribution in [0.5, 0.6) is 0 Å². The molecule has 2 aromatic carbocycles. The molecular weight excluding hydrogens is 297 g/mol. The van der Waals surface area contributed by atoms with Gasteiger partial charge < -0.3 is 0 Å². The van der Waals surface area contributed by atoms with Crippen LogP contribution in [0.4, 0.5) is 4.39 Å². The van der Waals surface area contributed by atoms with Crippen LogP contribution in [0.3, 0.4) is 0 Å². The predicted octanol–water partition coefficient (Wildman–Crippen LogP) is 6.59. The second-order valence-electron chi connectivity index (χ2n) is 5.79. The van der Waals surface area contributed by atoms with Crippen LogP contribution in [0.15, 0.2) is 55.1 Å². The van der Waals surface area contributed by atoms with Crippen molar-refractivity contribution in [3.63, 3.8) is 0 Å². The number of hydrogen-bond acceptors (Lipinski definition) is 1. The molecule has 0 amide bonds. The number of nitrogens with zero attached hydrogens (tertiary/aromatic N) is 1. The summed E-state index contributed by atoms with van der Waals surface area (Å²) in [4.78, 5) is 4.87. The molecule has 0 bridgehead atoms. The molecule has 1 aliphatic rings. The van der Waals surface area contributed by atoms with Gasteiger partial charge in [0.25, 0.3) is 0 Å². The number of hydrogen-bond donors (Lipinski definition) is 0. The summed E-state index contributed by atoms with van der Waals surface area (Å²) in [7, 11) is 0. The Bertz CT molecular complexity index is 861. The smallest absolute Gasteiger partial charge is 0.123 e. The first kappa shape index (κ1) is 16.4. The van der Waals surface area contributed by atoms with Crippen LogP contribution in [0.2, 0.25) is 0 Å². The van der Waals surface area contributed by atoms with E-state index < -0.39 is 0 Å². The van der Waals surface area contributed by atoms with Crippen molar-refractivity contribution < 1.29 is 4.39 Å². The van der Waals surface area contributed by atoms with Gasteiger partial charge in [-0.3, -0.25) is 4.98 Å². The summed E-state index contributed by atoms with van der Waals surface area (Å²) < 4.78 is 13.3. The first-order chi connectivity index (χ1) is 11.8. The van der Waals surface area contributed by atoms with E-state index in [1.165, 1.54) is 25.0 Å². The molecule has 0 N–H and O–H groups in total. The topological polar surface area (TPSA) is 12.9 Å². The van der Waals surface area contributed by atoms with Gasteiger partial charge in [0.15, 0.2) is 0 Å². The van der Waals surface area contributed by atoms with Crippen molar-refractivity contribution in [1.29, 1.82) is 0 Å². The van der Waals surface area contributed by atoms with Crippen LogP contribution < -0.4 is 0 Å². The van der Waals surface area contributed by atoms with Crippen LogP contribution in [0, 0.1) is 5.82 Å². The van der Waals surface area contributed by atoms with Crippen molar-refractivity contribution in [3.8, 4) is 11.1 Å². The summed E-state index contributed by atoms with van der Waals surface area (Å²) in [6.45, 7) is 8.00. The second-order valence-corrected chi connectivity index (χ2v) is 5.79. The predicted molar refractivity (Wildman–Crippen MR) is 101 cm³/mol. The van der Waals surface area contributed by atoms with Gasteiger partial charge in [-0.2, -0.15) is 0 Å². The highest BCUT2D eigenvalue weighted by Gasteiger charge is 2.29. The summed E-state index contributed by atoms with van der Waals surface area (Å²) in [5, 5.41) is 1.09. The molecule has 4 rings (SSSR count). The minimum Gasteiger partial charge on any atom is -0.252 e. The molecule has 1 nitrogen and oxygen atoms in total. The van der Waals surface area contributed by atoms with E-state index >= 15 is 0 Å². The van der Waals surface area contributed by atoms with Crippen LogP contribution in [-0.2, 0) is 0 Å². The van der Waals surface area contributed by atoms with E-state index in [9.17, 15) is 4.39 Å². The van der Waals surface area contributed by atoms with E-state index in [1.54, 1.807) is 0 Å². The molecule has 1 saturated carbocycles. The van der Waals surface area contributed by atoms with Gasteiger partial charge in [-0.05, 0) is 36.6 Å². The van der Waals surface area contributed by atoms with Crippen molar-refractivity contribution in [2.24, 2.45) is 0 Å². The lowest BCUT2D eigenvalue weighted by molar-refractivity contribution is 0.628. The van der Waals surface area contributed by atoms with E-state index in [2.05, 4.69) is 12.6 Å². The molecule has 0 radical (unpaired) electrons. The highest BCUT2D eigenvalue weighted by atomic mass is 19.1. The molecule has 0 aliphatic heterocycles. The zero-order chi connectivity index (χ0) is 17.1. The fourth-order valence-corrected chi connectivity index (χ4v) is 3.05. The first-order valence-electron chi connectivity index (χ1n) is 8.59. The van der Waals surface area contributed by atoms with Gasteiger partial charge in [-0.25, -0.2) is 4.39 Å². The monoisotopic (exact) mass is 319 g/mol. The Kier molecular flexibility index (Phi) is 4.75. The second kappa shape index (κ2) is 6.96. The fraction of sp³-hybridized carbons (Fsp3) is 0.227. The number of fused-ring (bicyclic) bond motifs is 1. The van der Waals surface area contributed by atoms with Gasteiger partial charge >= 0.3 is 0 Å². The lowest BCUT2D eigenvalue weighted by Crippen LogP contribution is -1.97. The molecule has 1 aliphatic carbocycles. The van der Waals surface area contributed by atoms with Crippen molar-refractivity contribution in [2.75, 3.05) is 0 Å². The molecule has 1 aromatic heterocycles. The molecule has 0 saturated heterocycles. The zero-order valence-electron chi connectivity index (χ0n) is 14.2. The quantitative estimate of drug-likeness (QED) is 0.531. The van der Waals surface area contributed by atoms with Crippen molar-refractivity contribution >= 4 is 17.0 Å². The van der Waals surface area contributed by atoms with Gasteiger partial charge in [0.05, 0.1) is 11.2 Å². The Morgan fingerprint density at radius 3 is 2.33 bits per heavy atom. The molecule has 0 unspecified atom stereocenters. The van der Waals surface area contributed by atoms with Crippen molar-refractivity contribution in [3.05, 3.63) is 72.2 Å². The molecule has 0 atom stereocenters. The lowest BCUT2D eigenvalue weighted by Gasteiger charge is -2.15.